The van der Waals surface area contributed by atoms with Crippen molar-refractivity contribution in [1.29, 1.82) is 0 Å². The van der Waals surface area contributed by atoms with Crippen LogP contribution in [0.15, 0.2) is 24.3 Å². The average molecular weight is 655 g/mol. The number of hydrogen-bond acceptors (Lipinski definition) is 6. The molecule has 4 heterocycles. The van der Waals surface area contributed by atoms with Gasteiger partial charge < -0.3 is 29.8 Å². The van der Waals surface area contributed by atoms with Crippen LogP contribution in [-0.4, -0.2) is 92.4 Å². The third kappa shape index (κ3) is 5.89. The number of hydrogen-bond donors (Lipinski definition) is 3. The summed E-state index contributed by atoms with van der Waals surface area (Å²) in [7, 11) is -5.77. The molecular weight excluding hydrogens is 617 g/mol. The van der Waals surface area contributed by atoms with Crippen molar-refractivity contribution in [2.45, 2.75) is 70.7 Å². The Kier molecular flexibility index (Phi) is 8.45. The summed E-state index contributed by atoms with van der Waals surface area (Å²) in [6, 6.07) is 2.72. The average Bonchev–Trinajstić information content (AvgIpc) is 3.71. The Bertz CT molecular complexity index is 1550. The van der Waals surface area contributed by atoms with Crippen LogP contribution in [-0.2, 0) is 24.6 Å². The van der Waals surface area contributed by atoms with E-state index >= 15 is 0 Å². The van der Waals surface area contributed by atoms with Crippen molar-refractivity contribution in [2.24, 2.45) is 11.3 Å². The molecule has 3 aliphatic heterocycles. The summed E-state index contributed by atoms with van der Waals surface area (Å²) >= 11 is 0.997. The molecule has 0 radical (unpaired) electrons. The largest absolute Gasteiger partial charge is 0.399 e. The molecule has 3 N–H and O–H groups in total. The smallest absolute Gasteiger partial charge is 0.341 e. The highest BCUT2D eigenvalue weighted by atomic mass is 32.1. The van der Waals surface area contributed by atoms with Gasteiger partial charge in [-0.05, 0) is 48.3 Å². The summed E-state index contributed by atoms with van der Waals surface area (Å²) in [6.45, 7) is 8.95. The minimum Gasteiger partial charge on any atom is -0.341 e. The Labute approximate surface area is 257 Å². The van der Waals surface area contributed by atoms with Gasteiger partial charge in [-0.15, -0.1) is 11.3 Å². The first-order valence-corrected chi connectivity index (χ1v) is 17.0. The van der Waals surface area contributed by atoms with Crippen LogP contribution in [0.1, 0.15) is 62.2 Å². The van der Waals surface area contributed by atoms with Crippen molar-refractivity contribution in [1.82, 2.24) is 20.0 Å². The number of likely N-dealkylation sites (tertiary alicyclic amines) is 3. The lowest BCUT2D eigenvalue weighted by Crippen LogP contribution is -2.58. The first kappa shape index (κ1) is 32.5. The van der Waals surface area contributed by atoms with E-state index in [0.717, 1.165) is 29.9 Å². The molecule has 5 rings (SSSR count). The number of nitrogens with one attached hydrogen (secondary N) is 1. The van der Waals surface area contributed by atoms with Gasteiger partial charge in [-0.3, -0.25) is 23.7 Å². The normalized spacial score (nSPS) is 23.3. The summed E-state index contributed by atoms with van der Waals surface area (Å²) in [6.07, 6.45) is 1.93. The van der Waals surface area contributed by atoms with E-state index in [1.165, 1.54) is 19.1 Å². The molecule has 1 unspecified atom stereocenters. The van der Waals surface area contributed by atoms with Gasteiger partial charge in [0.1, 0.15) is 12.1 Å². The Hall–Kier alpha value is -2.93. The predicted molar refractivity (Wildman–Crippen MR) is 159 cm³/mol. The lowest BCUT2D eigenvalue weighted by Gasteiger charge is -2.37. The maximum absolute atomic E-state index is 14.3. The van der Waals surface area contributed by atoms with Crippen LogP contribution in [0.3, 0.4) is 0 Å². The summed E-state index contributed by atoms with van der Waals surface area (Å²) in [4.78, 5) is 76.6. The zero-order valence-corrected chi connectivity index (χ0v) is 26.7. The van der Waals surface area contributed by atoms with E-state index in [0.29, 0.717) is 43.7 Å². The minimum absolute atomic E-state index is 0.0219. The maximum Gasteiger partial charge on any atom is 0.399 e. The molecular formula is C29H37F2N4O7PS. The SMILES string of the molecule is CC(=O)N1C[C@H]2CCN(C(=O)[C@@H]3CCCN3C(=O)C(NC(=O)c3cc4cc(C(F)(F)P(=O)(O)O)ccc4s3)C(C)(C)C)[C@H]2C1. The van der Waals surface area contributed by atoms with Crippen molar-refractivity contribution in [3.63, 3.8) is 0 Å². The number of benzene rings is 1. The topological polar surface area (TPSA) is 148 Å². The number of carbonyl (C=O) groups is 4. The quantitative estimate of drug-likeness (QED) is 0.405. The summed E-state index contributed by atoms with van der Waals surface area (Å²) in [5, 5.41) is 3.01. The maximum atomic E-state index is 14.3. The molecule has 3 fully saturated rings. The molecule has 44 heavy (non-hydrogen) atoms. The van der Waals surface area contributed by atoms with Crippen LogP contribution in [0.5, 0.6) is 0 Å². The fraction of sp³-hybridized carbons (Fsp3) is 0.586. The van der Waals surface area contributed by atoms with Crippen molar-refractivity contribution in [3.05, 3.63) is 34.7 Å². The van der Waals surface area contributed by atoms with Gasteiger partial charge in [0.2, 0.25) is 17.7 Å². The molecule has 0 saturated carbocycles. The van der Waals surface area contributed by atoms with Crippen LogP contribution in [0.25, 0.3) is 10.1 Å². The van der Waals surface area contributed by atoms with Crippen molar-refractivity contribution in [3.8, 4) is 0 Å². The van der Waals surface area contributed by atoms with Gasteiger partial charge in [-0.2, -0.15) is 8.78 Å². The van der Waals surface area contributed by atoms with Gasteiger partial charge in [0.25, 0.3) is 5.91 Å². The second kappa shape index (κ2) is 11.5. The zero-order chi connectivity index (χ0) is 32.4. The molecule has 15 heteroatoms. The summed E-state index contributed by atoms with van der Waals surface area (Å²) in [5.41, 5.74) is -6.00. The number of halogens is 2. The number of alkyl halides is 2. The van der Waals surface area contributed by atoms with E-state index in [4.69, 9.17) is 9.79 Å². The Morgan fingerprint density at radius 2 is 1.75 bits per heavy atom. The van der Waals surface area contributed by atoms with Gasteiger partial charge in [-0.1, -0.05) is 26.8 Å². The summed E-state index contributed by atoms with van der Waals surface area (Å²) in [5.74, 6) is -0.941. The first-order valence-electron chi connectivity index (χ1n) is 14.5. The van der Waals surface area contributed by atoms with E-state index in [1.54, 1.807) is 30.6 Å². The van der Waals surface area contributed by atoms with E-state index in [1.807, 2.05) is 4.90 Å². The van der Waals surface area contributed by atoms with Gasteiger partial charge >= 0.3 is 13.3 Å². The number of fused-ring (bicyclic) bond motifs is 2. The second-order valence-electron chi connectivity index (χ2n) is 13.0. The molecule has 3 saturated heterocycles. The number of thiophene rings is 1. The lowest BCUT2D eigenvalue weighted by atomic mass is 9.85. The molecule has 1 aromatic heterocycles. The van der Waals surface area contributed by atoms with Gasteiger partial charge in [0, 0.05) is 49.3 Å². The van der Waals surface area contributed by atoms with Crippen LogP contribution in [0.4, 0.5) is 8.78 Å². The van der Waals surface area contributed by atoms with E-state index in [-0.39, 0.29) is 39.9 Å². The van der Waals surface area contributed by atoms with Gasteiger partial charge in [-0.25, -0.2) is 0 Å². The third-order valence-corrected chi connectivity index (χ3v) is 11.0. The molecule has 4 atom stereocenters. The molecule has 240 valence electrons. The Morgan fingerprint density at radius 1 is 1.05 bits per heavy atom. The molecule has 0 spiro atoms. The molecule has 11 nitrogen and oxygen atoms in total. The third-order valence-electron chi connectivity index (χ3n) is 8.94. The number of rotatable bonds is 6. The Morgan fingerprint density at radius 3 is 2.39 bits per heavy atom. The van der Waals surface area contributed by atoms with Crippen molar-refractivity contribution < 1.29 is 42.3 Å². The van der Waals surface area contributed by atoms with Gasteiger partial charge in [0.05, 0.1) is 10.9 Å². The fourth-order valence-electron chi connectivity index (χ4n) is 6.50. The highest BCUT2D eigenvalue weighted by Gasteiger charge is 2.51. The highest BCUT2D eigenvalue weighted by molar-refractivity contribution is 7.52. The van der Waals surface area contributed by atoms with E-state index in [9.17, 15) is 32.5 Å². The predicted octanol–water partition coefficient (Wildman–Crippen LogP) is 3.34. The number of nitrogens with zero attached hydrogens (tertiary/aromatic N) is 3. The minimum atomic E-state index is -5.77. The monoisotopic (exact) mass is 654 g/mol. The van der Waals surface area contributed by atoms with Crippen molar-refractivity contribution in [2.75, 3.05) is 26.2 Å². The number of carbonyl (C=O) groups excluding carboxylic acids is 4. The summed E-state index contributed by atoms with van der Waals surface area (Å²) < 4.78 is 40.3. The second-order valence-corrected chi connectivity index (χ2v) is 15.7. The lowest BCUT2D eigenvalue weighted by molar-refractivity contribution is -0.146. The molecule has 2 aromatic rings. The van der Waals surface area contributed by atoms with Crippen LogP contribution in [0.2, 0.25) is 0 Å². The van der Waals surface area contributed by atoms with E-state index in [2.05, 4.69) is 5.32 Å². The van der Waals surface area contributed by atoms with Crippen LogP contribution >= 0.6 is 18.9 Å². The molecule has 0 aliphatic carbocycles. The zero-order valence-electron chi connectivity index (χ0n) is 25.0. The molecule has 0 bridgehead atoms. The Balaban J connectivity index is 1.33. The molecule has 3 aliphatic rings. The van der Waals surface area contributed by atoms with Crippen LogP contribution < -0.4 is 5.32 Å². The first-order chi connectivity index (χ1) is 20.4. The highest BCUT2D eigenvalue weighted by Crippen LogP contribution is 2.59. The number of amides is 4. The standard InChI is InChI=1S/C29H37F2N4O7PS/c1-16(36)33-14-17-9-11-35(21(17)15-33)26(38)20-6-5-10-34(20)27(39)24(28(2,3)4)32-25(37)23-13-18-12-19(7-8-22(18)44-23)29(30,31)43(40,41)42/h7-8,12-13,17,20-21,24H,5-6,9-11,14-15H2,1-4H3,(H,32,37)(H2,40,41,42)/t17-,20+,21+,24?/m1/s1. The van der Waals surface area contributed by atoms with E-state index < -0.39 is 42.2 Å². The molecule has 4 amide bonds. The van der Waals surface area contributed by atoms with Crippen molar-refractivity contribution >= 4 is 52.6 Å². The molecule has 1 aromatic carbocycles. The fourth-order valence-corrected chi connectivity index (χ4v) is 7.92. The van der Waals surface area contributed by atoms with Gasteiger partial charge in [0.15, 0.2) is 0 Å². The van der Waals surface area contributed by atoms with Crippen LogP contribution in [0, 0.1) is 11.3 Å².